The van der Waals surface area contributed by atoms with E-state index in [2.05, 4.69) is 13.8 Å². The molecule has 0 bridgehead atoms. The molecule has 4 aliphatic carbocycles. The summed E-state index contributed by atoms with van der Waals surface area (Å²) in [5, 5.41) is 20.7. The molecule has 0 radical (unpaired) electrons. The second kappa shape index (κ2) is 4.10. The molecule has 1 heterocycles. The Kier molecular flexibility index (Phi) is 2.65. The first-order chi connectivity index (χ1) is 10.4. The number of hydrogen-bond acceptors (Lipinski definition) is 3. The standard InChI is InChI=1S/C19H30O3/c1-17-7-6-14-12(13(17)3-4-15(17)21)9-16-19(22-16)10-11(20)5-8-18(14,19)2/h11-16,20-21H,3-10H2,1-2H3/t11-,12?,13?,14?,15-,16-,17-,18+,19-/m0/s1. The fraction of sp³-hybridized carbons (Fsp3) is 1.00. The third-order valence-electron chi connectivity index (χ3n) is 9.01. The number of aliphatic hydroxyl groups excluding tert-OH is 2. The molecule has 1 saturated heterocycles. The van der Waals surface area contributed by atoms with Crippen molar-refractivity contribution in [1.29, 1.82) is 0 Å². The Balaban J connectivity index is 1.51. The van der Waals surface area contributed by atoms with Gasteiger partial charge in [-0.1, -0.05) is 13.8 Å². The third-order valence-corrected chi connectivity index (χ3v) is 9.01. The Bertz CT molecular complexity index is 507. The zero-order valence-corrected chi connectivity index (χ0v) is 13.9. The fourth-order valence-corrected chi connectivity index (χ4v) is 7.63. The summed E-state index contributed by atoms with van der Waals surface area (Å²) in [6, 6.07) is 0. The minimum atomic E-state index is -0.156. The Morgan fingerprint density at radius 2 is 1.77 bits per heavy atom. The van der Waals surface area contributed by atoms with E-state index in [-0.39, 0.29) is 28.6 Å². The molecule has 0 aromatic rings. The predicted octanol–water partition coefficient (Wildman–Crippen LogP) is 2.88. The van der Waals surface area contributed by atoms with E-state index in [1.807, 2.05) is 0 Å². The van der Waals surface area contributed by atoms with Crippen LogP contribution in [0.15, 0.2) is 0 Å². The van der Waals surface area contributed by atoms with Crippen molar-refractivity contribution >= 4 is 0 Å². The minimum Gasteiger partial charge on any atom is -0.393 e. The van der Waals surface area contributed by atoms with Crippen LogP contribution >= 0.6 is 0 Å². The van der Waals surface area contributed by atoms with E-state index in [0.717, 1.165) is 37.5 Å². The zero-order chi connectivity index (χ0) is 15.3. The largest absolute Gasteiger partial charge is 0.393 e. The third kappa shape index (κ3) is 1.45. The SMILES string of the molecule is C[C@]12CCC3C(C[C@@H]4O[C@@]45C[C@@H](O)CC[C@]35C)C1CC[C@@H]2O. The van der Waals surface area contributed by atoms with Crippen molar-refractivity contribution in [3.8, 4) is 0 Å². The summed E-state index contributed by atoms with van der Waals surface area (Å²) >= 11 is 0. The minimum absolute atomic E-state index is 0.00318. The molecule has 3 nitrogen and oxygen atoms in total. The van der Waals surface area contributed by atoms with Gasteiger partial charge >= 0.3 is 0 Å². The Morgan fingerprint density at radius 1 is 0.955 bits per heavy atom. The van der Waals surface area contributed by atoms with E-state index < -0.39 is 0 Å². The van der Waals surface area contributed by atoms with E-state index in [9.17, 15) is 10.2 Å². The van der Waals surface area contributed by atoms with E-state index >= 15 is 0 Å². The van der Waals surface area contributed by atoms with Crippen LogP contribution in [0.4, 0.5) is 0 Å². The number of aliphatic hydroxyl groups is 2. The number of fused-ring (bicyclic) bond motifs is 4. The lowest BCUT2D eigenvalue weighted by Crippen LogP contribution is -2.58. The molecule has 9 atom stereocenters. The number of hydrogen-bond donors (Lipinski definition) is 2. The summed E-state index contributed by atoms with van der Waals surface area (Å²) in [7, 11) is 0. The Morgan fingerprint density at radius 3 is 2.59 bits per heavy atom. The van der Waals surface area contributed by atoms with Gasteiger partial charge in [-0.2, -0.15) is 0 Å². The van der Waals surface area contributed by atoms with Crippen molar-refractivity contribution in [3.05, 3.63) is 0 Å². The van der Waals surface area contributed by atoms with Gasteiger partial charge in [0.05, 0.1) is 18.3 Å². The molecular weight excluding hydrogens is 276 g/mol. The van der Waals surface area contributed by atoms with Crippen LogP contribution in [0.2, 0.25) is 0 Å². The normalized spacial score (nSPS) is 66.0. The molecule has 2 N–H and O–H groups in total. The average Bonchev–Trinajstić information content (AvgIpc) is 3.08. The molecule has 5 aliphatic rings. The first-order valence-corrected chi connectivity index (χ1v) is 9.45. The van der Waals surface area contributed by atoms with Gasteiger partial charge in [-0.25, -0.2) is 0 Å². The van der Waals surface area contributed by atoms with Crippen LogP contribution < -0.4 is 0 Å². The van der Waals surface area contributed by atoms with Crippen LogP contribution in [-0.4, -0.2) is 34.1 Å². The second-order valence-electron chi connectivity index (χ2n) is 9.56. The highest BCUT2D eigenvalue weighted by molar-refractivity contribution is 5.24. The summed E-state index contributed by atoms with van der Waals surface area (Å²) in [5.41, 5.74) is 0.409. The molecule has 1 aliphatic heterocycles. The topological polar surface area (TPSA) is 53.0 Å². The van der Waals surface area contributed by atoms with Crippen molar-refractivity contribution < 1.29 is 14.9 Å². The fourth-order valence-electron chi connectivity index (χ4n) is 7.63. The highest BCUT2D eigenvalue weighted by Gasteiger charge is 2.75. The molecular formula is C19H30O3. The molecule has 0 amide bonds. The van der Waals surface area contributed by atoms with Crippen molar-refractivity contribution in [3.63, 3.8) is 0 Å². The van der Waals surface area contributed by atoms with Crippen LogP contribution in [0.25, 0.3) is 0 Å². The van der Waals surface area contributed by atoms with Crippen molar-refractivity contribution in [2.24, 2.45) is 28.6 Å². The van der Waals surface area contributed by atoms with Crippen molar-refractivity contribution in [2.75, 3.05) is 0 Å². The molecule has 1 spiro atoms. The van der Waals surface area contributed by atoms with Gasteiger partial charge in [-0.05, 0) is 68.1 Å². The van der Waals surface area contributed by atoms with Crippen LogP contribution in [-0.2, 0) is 4.74 Å². The second-order valence-corrected chi connectivity index (χ2v) is 9.56. The summed E-state index contributed by atoms with van der Waals surface area (Å²) in [4.78, 5) is 0. The van der Waals surface area contributed by atoms with Crippen LogP contribution in [0.3, 0.4) is 0 Å². The van der Waals surface area contributed by atoms with Gasteiger partial charge in [0, 0.05) is 11.8 Å². The molecule has 4 saturated carbocycles. The van der Waals surface area contributed by atoms with Gasteiger partial charge < -0.3 is 14.9 Å². The van der Waals surface area contributed by atoms with Crippen molar-refractivity contribution in [2.45, 2.75) is 89.1 Å². The highest BCUT2D eigenvalue weighted by atomic mass is 16.6. The predicted molar refractivity (Wildman–Crippen MR) is 83.2 cm³/mol. The molecule has 124 valence electrons. The van der Waals surface area contributed by atoms with E-state index in [1.54, 1.807) is 0 Å². The smallest absolute Gasteiger partial charge is 0.103 e. The van der Waals surface area contributed by atoms with E-state index in [1.165, 1.54) is 25.7 Å². The van der Waals surface area contributed by atoms with Crippen LogP contribution in [0.5, 0.6) is 0 Å². The highest BCUT2D eigenvalue weighted by Crippen LogP contribution is 2.73. The van der Waals surface area contributed by atoms with Gasteiger partial charge in [-0.3, -0.25) is 0 Å². The molecule has 3 unspecified atom stereocenters. The summed E-state index contributed by atoms with van der Waals surface area (Å²) in [6.45, 7) is 4.80. The Labute approximate surface area is 133 Å². The number of ether oxygens (including phenoxy) is 1. The zero-order valence-electron chi connectivity index (χ0n) is 13.9. The summed E-state index contributed by atoms with van der Waals surface area (Å²) < 4.78 is 6.32. The van der Waals surface area contributed by atoms with Gasteiger partial charge in [-0.15, -0.1) is 0 Å². The quantitative estimate of drug-likeness (QED) is 0.677. The lowest BCUT2D eigenvalue weighted by atomic mass is 9.45. The average molecular weight is 306 g/mol. The number of epoxide rings is 1. The molecule has 5 rings (SSSR count). The summed E-state index contributed by atoms with van der Waals surface area (Å²) in [5.74, 6) is 2.16. The first kappa shape index (κ1) is 14.2. The molecule has 0 aromatic heterocycles. The maximum absolute atomic E-state index is 10.5. The van der Waals surface area contributed by atoms with E-state index in [4.69, 9.17) is 4.74 Å². The van der Waals surface area contributed by atoms with Crippen molar-refractivity contribution in [1.82, 2.24) is 0 Å². The van der Waals surface area contributed by atoms with Gasteiger partial charge in [0.2, 0.25) is 0 Å². The van der Waals surface area contributed by atoms with Crippen LogP contribution in [0, 0.1) is 28.6 Å². The first-order valence-electron chi connectivity index (χ1n) is 9.45. The molecule has 22 heavy (non-hydrogen) atoms. The molecule has 3 heteroatoms. The van der Waals surface area contributed by atoms with Crippen LogP contribution in [0.1, 0.15) is 65.2 Å². The van der Waals surface area contributed by atoms with Gasteiger partial charge in [0.25, 0.3) is 0 Å². The maximum atomic E-state index is 10.5. The lowest BCUT2D eigenvalue weighted by molar-refractivity contribution is -0.121. The summed E-state index contributed by atoms with van der Waals surface area (Å²) in [6.07, 6.45) is 8.88. The number of rotatable bonds is 0. The maximum Gasteiger partial charge on any atom is 0.103 e. The molecule has 5 fully saturated rings. The lowest BCUT2D eigenvalue weighted by Gasteiger charge is -2.58. The Hall–Kier alpha value is -0.120. The monoisotopic (exact) mass is 306 g/mol. The van der Waals surface area contributed by atoms with Gasteiger partial charge in [0.15, 0.2) is 0 Å². The molecule has 0 aromatic carbocycles. The van der Waals surface area contributed by atoms with Gasteiger partial charge in [0.1, 0.15) is 5.60 Å². The van der Waals surface area contributed by atoms with E-state index in [0.29, 0.717) is 12.0 Å².